The lowest BCUT2D eigenvalue weighted by molar-refractivity contribution is 0.752. The van der Waals surface area contributed by atoms with Gasteiger partial charge in [-0.05, 0) is 37.1 Å². The molecule has 1 aromatic heterocycles. The van der Waals surface area contributed by atoms with E-state index >= 15 is 0 Å². The predicted molar refractivity (Wildman–Crippen MR) is 81.3 cm³/mol. The highest BCUT2D eigenvalue weighted by Crippen LogP contribution is 2.39. The molecule has 1 atom stereocenters. The standard InChI is InChI=1S/C17H15N3/c1-12-10-13-6-2-5-9-16(13)20(12)17-14-7-3-4-8-15(14)18-11-19-17/h2-9,11-12H,10H2,1H3. The predicted octanol–water partition coefficient (Wildman–Crippen LogP) is 3.71. The molecule has 2 heterocycles. The van der Waals surface area contributed by atoms with E-state index in [1.165, 1.54) is 11.3 Å². The quantitative estimate of drug-likeness (QED) is 0.668. The van der Waals surface area contributed by atoms with Gasteiger partial charge in [0.1, 0.15) is 12.1 Å². The van der Waals surface area contributed by atoms with Crippen molar-refractivity contribution in [1.29, 1.82) is 0 Å². The fraction of sp³-hybridized carbons (Fsp3) is 0.176. The van der Waals surface area contributed by atoms with Crippen molar-refractivity contribution in [3.8, 4) is 0 Å². The van der Waals surface area contributed by atoms with Gasteiger partial charge in [-0.15, -0.1) is 0 Å². The Kier molecular flexibility index (Phi) is 2.46. The molecule has 1 aliphatic rings. The van der Waals surface area contributed by atoms with Crippen LogP contribution < -0.4 is 4.90 Å². The van der Waals surface area contributed by atoms with E-state index in [9.17, 15) is 0 Å². The Labute approximate surface area is 117 Å². The van der Waals surface area contributed by atoms with Crippen LogP contribution in [0.2, 0.25) is 0 Å². The van der Waals surface area contributed by atoms with Crippen molar-refractivity contribution >= 4 is 22.4 Å². The van der Waals surface area contributed by atoms with Crippen LogP contribution in [0.15, 0.2) is 54.9 Å². The average molecular weight is 261 g/mol. The Morgan fingerprint density at radius 2 is 1.80 bits per heavy atom. The average Bonchev–Trinajstić information content (AvgIpc) is 2.82. The Hall–Kier alpha value is -2.42. The zero-order valence-corrected chi connectivity index (χ0v) is 11.3. The lowest BCUT2D eigenvalue weighted by atomic mass is 10.1. The SMILES string of the molecule is CC1Cc2ccccc2N1c1ncnc2ccccc12. The van der Waals surface area contributed by atoms with Gasteiger partial charge in [0.15, 0.2) is 0 Å². The molecule has 0 radical (unpaired) electrons. The molecule has 3 heteroatoms. The van der Waals surface area contributed by atoms with Gasteiger partial charge in [0.25, 0.3) is 0 Å². The molecule has 0 amide bonds. The monoisotopic (exact) mass is 261 g/mol. The zero-order valence-electron chi connectivity index (χ0n) is 11.3. The molecule has 0 aliphatic carbocycles. The highest BCUT2D eigenvalue weighted by Gasteiger charge is 2.28. The van der Waals surface area contributed by atoms with Crippen LogP contribution in [-0.2, 0) is 6.42 Å². The molecule has 1 aliphatic heterocycles. The van der Waals surface area contributed by atoms with E-state index in [4.69, 9.17) is 0 Å². The van der Waals surface area contributed by atoms with Crippen LogP contribution in [0.5, 0.6) is 0 Å². The number of hydrogen-bond donors (Lipinski definition) is 0. The normalized spacial score (nSPS) is 17.4. The number of fused-ring (bicyclic) bond motifs is 2. The summed E-state index contributed by atoms with van der Waals surface area (Å²) in [5.74, 6) is 1.01. The molecule has 1 unspecified atom stereocenters. The highest BCUT2D eigenvalue weighted by molar-refractivity contribution is 5.92. The summed E-state index contributed by atoms with van der Waals surface area (Å²) >= 11 is 0. The van der Waals surface area contributed by atoms with Crippen LogP contribution in [0, 0.1) is 0 Å². The maximum atomic E-state index is 4.55. The van der Waals surface area contributed by atoms with E-state index in [-0.39, 0.29) is 0 Å². The number of rotatable bonds is 1. The topological polar surface area (TPSA) is 29.0 Å². The van der Waals surface area contributed by atoms with Crippen molar-refractivity contribution in [3.63, 3.8) is 0 Å². The lowest BCUT2D eigenvalue weighted by Gasteiger charge is -2.24. The fourth-order valence-corrected chi connectivity index (χ4v) is 3.07. The lowest BCUT2D eigenvalue weighted by Crippen LogP contribution is -2.25. The minimum Gasteiger partial charge on any atom is -0.322 e. The molecule has 0 fully saturated rings. The number of anilines is 2. The third-order valence-corrected chi connectivity index (χ3v) is 3.96. The smallest absolute Gasteiger partial charge is 0.144 e. The van der Waals surface area contributed by atoms with Crippen molar-refractivity contribution in [3.05, 3.63) is 60.4 Å². The van der Waals surface area contributed by atoms with E-state index < -0.39 is 0 Å². The molecule has 0 N–H and O–H groups in total. The van der Waals surface area contributed by atoms with E-state index in [1.54, 1.807) is 6.33 Å². The van der Waals surface area contributed by atoms with Gasteiger partial charge in [-0.1, -0.05) is 30.3 Å². The Morgan fingerprint density at radius 1 is 1.00 bits per heavy atom. The minimum atomic E-state index is 0.422. The summed E-state index contributed by atoms with van der Waals surface area (Å²) < 4.78 is 0. The largest absolute Gasteiger partial charge is 0.322 e. The van der Waals surface area contributed by atoms with Crippen LogP contribution in [0.1, 0.15) is 12.5 Å². The van der Waals surface area contributed by atoms with Gasteiger partial charge in [-0.25, -0.2) is 9.97 Å². The molecule has 0 spiro atoms. The second-order valence-corrected chi connectivity index (χ2v) is 5.27. The summed E-state index contributed by atoms with van der Waals surface area (Å²) in [7, 11) is 0. The van der Waals surface area contributed by atoms with Gasteiger partial charge in [0, 0.05) is 17.1 Å². The Morgan fingerprint density at radius 3 is 2.75 bits per heavy atom. The molecule has 20 heavy (non-hydrogen) atoms. The molecule has 2 aromatic carbocycles. The van der Waals surface area contributed by atoms with Crippen molar-refractivity contribution in [2.75, 3.05) is 4.90 Å². The van der Waals surface area contributed by atoms with Crippen LogP contribution in [0.4, 0.5) is 11.5 Å². The third-order valence-electron chi connectivity index (χ3n) is 3.96. The molecule has 98 valence electrons. The first-order chi connectivity index (χ1) is 9.84. The van der Waals surface area contributed by atoms with Crippen molar-refractivity contribution < 1.29 is 0 Å². The summed E-state index contributed by atoms with van der Waals surface area (Å²) in [6.45, 7) is 2.25. The van der Waals surface area contributed by atoms with Crippen molar-refractivity contribution in [2.45, 2.75) is 19.4 Å². The number of benzene rings is 2. The van der Waals surface area contributed by atoms with Crippen LogP contribution >= 0.6 is 0 Å². The molecular formula is C17H15N3. The number of nitrogens with zero attached hydrogens (tertiary/aromatic N) is 3. The summed E-state index contributed by atoms with van der Waals surface area (Å²) in [4.78, 5) is 11.2. The number of aromatic nitrogens is 2. The van der Waals surface area contributed by atoms with Gasteiger partial charge in [0.05, 0.1) is 5.52 Å². The number of hydrogen-bond acceptors (Lipinski definition) is 3. The molecule has 4 rings (SSSR count). The Balaban J connectivity index is 1.96. The molecular weight excluding hydrogens is 246 g/mol. The van der Waals surface area contributed by atoms with Gasteiger partial charge in [0.2, 0.25) is 0 Å². The second kappa shape index (κ2) is 4.30. The van der Waals surface area contributed by atoms with E-state index in [1.807, 2.05) is 18.2 Å². The van der Waals surface area contributed by atoms with Crippen molar-refractivity contribution in [2.24, 2.45) is 0 Å². The van der Waals surface area contributed by atoms with E-state index in [0.29, 0.717) is 6.04 Å². The Bertz CT molecular complexity index is 777. The summed E-state index contributed by atoms with van der Waals surface area (Å²) in [6, 6.07) is 17.2. The van der Waals surface area contributed by atoms with Gasteiger partial charge < -0.3 is 4.90 Å². The first kappa shape index (κ1) is 11.4. The molecule has 0 bridgehead atoms. The first-order valence-corrected chi connectivity index (χ1v) is 6.91. The van der Waals surface area contributed by atoms with Crippen LogP contribution in [0.3, 0.4) is 0 Å². The first-order valence-electron chi connectivity index (χ1n) is 6.91. The second-order valence-electron chi connectivity index (χ2n) is 5.27. The summed E-state index contributed by atoms with van der Waals surface area (Å²) in [5, 5.41) is 1.11. The van der Waals surface area contributed by atoms with Crippen LogP contribution in [0.25, 0.3) is 10.9 Å². The number of para-hydroxylation sites is 2. The molecule has 0 saturated carbocycles. The molecule has 0 saturated heterocycles. The summed E-state index contributed by atoms with van der Waals surface area (Å²) in [5.41, 5.74) is 3.65. The minimum absolute atomic E-state index is 0.422. The molecule has 3 nitrogen and oxygen atoms in total. The maximum Gasteiger partial charge on any atom is 0.144 e. The fourth-order valence-electron chi connectivity index (χ4n) is 3.07. The van der Waals surface area contributed by atoms with Gasteiger partial charge in [-0.3, -0.25) is 0 Å². The van der Waals surface area contributed by atoms with Crippen molar-refractivity contribution in [1.82, 2.24) is 9.97 Å². The highest BCUT2D eigenvalue weighted by atomic mass is 15.2. The zero-order chi connectivity index (χ0) is 13.5. The van der Waals surface area contributed by atoms with Gasteiger partial charge in [-0.2, -0.15) is 0 Å². The van der Waals surface area contributed by atoms with E-state index in [0.717, 1.165) is 23.1 Å². The third kappa shape index (κ3) is 1.59. The summed E-state index contributed by atoms with van der Waals surface area (Å²) in [6.07, 6.45) is 2.72. The van der Waals surface area contributed by atoms with E-state index in [2.05, 4.69) is 52.1 Å². The maximum absolute atomic E-state index is 4.55. The van der Waals surface area contributed by atoms with Crippen LogP contribution in [-0.4, -0.2) is 16.0 Å². The van der Waals surface area contributed by atoms with Gasteiger partial charge >= 0.3 is 0 Å². The molecule has 3 aromatic rings.